The molecule has 0 radical (unpaired) electrons. The normalized spacial score (nSPS) is 27.8. The molecule has 0 saturated heterocycles. The van der Waals surface area contributed by atoms with E-state index in [2.05, 4.69) is 27.0 Å². The lowest BCUT2D eigenvalue weighted by Gasteiger charge is -2.48. The Labute approximate surface area is 281 Å². The fraction of sp³-hybridized carbons (Fsp3) is 0.541. The van der Waals surface area contributed by atoms with Crippen LogP contribution in [0.25, 0.3) is 0 Å². The van der Waals surface area contributed by atoms with Crippen molar-refractivity contribution >= 4 is 35.0 Å². The summed E-state index contributed by atoms with van der Waals surface area (Å²) >= 11 is 8.29. The molecule has 6 atom stereocenters. The molecule has 1 aliphatic heterocycles. The molecule has 46 heavy (non-hydrogen) atoms. The Morgan fingerprint density at radius 1 is 1.11 bits per heavy atom. The number of carbonyl (C=O) groups is 1. The zero-order chi connectivity index (χ0) is 31.7. The van der Waals surface area contributed by atoms with Gasteiger partial charge in [-0.3, -0.25) is 0 Å². The summed E-state index contributed by atoms with van der Waals surface area (Å²) in [7, 11) is 3.35. The van der Waals surface area contributed by atoms with Crippen molar-refractivity contribution in [3.05, 3.63) is 76.6 Å². The number of rotatable bonds is 8. The first-order valence-electron chi connectivity index (χ1n) is 16.8. The maximum atomic E-state index is 12.6. The van der Waals surface area contributed by atoms with Gasteiger partial charge in [-0.2, -0.15) is 0 Å². The number of carbonyl (C=O) groups excluding carboxylic acids is 1. The number of thioether (sulfide) groups is 1. The summed E-state index contributed by atoms with van der Waals surface area (Å²) in [6.45, 7) is 2.34. The minimum absolute atomic E-state index is 0.157. The van der Waals surface area contributed by atoms with E-state index < -0.39 is 0 Å². The van der Waals surface area contributed by atoms with Crippen LogP contribution in [-0.2, 0) is 21.3 Å². The quantitative estimate of drug-likeness (QED) is 0.179. The van der Waals surface area contributed by atoms with Gasteiger partial charge in [0.05, 0.1) is 31.1 Å². The summed E-state index contributed by atoms with van der Waals surface area (Å²) in [5.74, 6) is 2.02. The molecule has 0 bridgehead atoms. The molecule has 244 valence electrons. The van der Waals surface area contributed by atoms with Crippen molar-refractivity contribution in [1.29, 1.82) is 0 Å². The molecule has 2 saturated carbocycles. The van der Waals surface area contributed by atoms with Crippen molar-refractivity contribution in [3.63, 3.8) is 0 Å². The number of hydrogen-bond acceptors (Lipinski definition) is 8. The summed E-state index contributed by atoms with van der Waals surface area (Å²) < 4.78 is 18.1. The summed E-state index contributed by atoms with van der Waals surface area (Å²) in [6.07, 6.45) is 14.2. The summed E-state index contributed by atoms with van der Waals surface area (Å²) in [6, 6.07) is 14.0. The molecule has 1 aromatic heterocycles. The first-order chi connectivity index (χ1) is 22.5. The molecule has 7 nitrogen and oxygen atoms in total. The van der Waals surface area contributed by atoms with Crippen molar-refractivity contribution in [2.75, 3.05) is 38.8 Å². The van der Waals surface area contributed by atoms with Crippen LogP contribution in [0.5, 0.6) is 5.75 Å². The van der Waals surface area contributed by atoms with E-state index in [-0.39, 0.29) is 17.5 Å². The number of methoxy groups -OCH3 is 2. The van der Waals surface area contributed by atoms with E-state index in [4.69, 9.17) is 25.8 Å². The van der Waals surface area contributed by atoms with Crippen LogP contribution in [0.3, 0.4) is 0 Å². The molecule has 3 aromatic rings. The molecule has 4 aliphatic rings. The summed E-state index contributed by atoms with van der Waals surface area (Å²) in [5, 5.41) is 2.18. The van der Waals surface area contributed by atoms with E-state index in [0.29, 0.717) is 35.2 Å². The predicted molar refractivity (Wildman–Crippen MR) is 182 cm³/mol. The number of aryl methyl sites for hydroxylation is 1. The molecule has 7 rings (SSSR count). The smallest absolute Gasteiger partial charge is 0.337 e. The van der Waals surface area contributed by atoms with Gasteiger partial charge in [0.15, 0.2) is 5.16 Å². The minimum Gasteiger partial charge on any atom is -0.490 e. The second kappa shape index (κ2) is 13.7. The Kier molecular flexibility index (Phi) is 9.49. The topological polar surface area (TPSA) is 73.8 Å². The van der Waals surface area contributed by atoms with E-state index >= 15 is 0 Å². The number of fused-ring (bicyclic) bond motifs is 3. The molecule has 0 unspecified atom stereocenters. The Bertz CT molecular complexity index is 1540. The van der Waals surface area contributed by atoms with Crippen molar-refractivity contribution < 1.29 is 19.0 Å². The third kappa shape index (κ3) is 6.37. The van der Waals surface area contributed by atoms with E-state index in [0.717, 1.165) is 60.4 Å². The first-order valence-corrected chi connectivity index (χ1v) is 18.1. The highest BCUT2D eigenvalue weighted by atomic mass is 35.5. The monoisotopic (exact) mass is 661 g/mol. The molecule has 0 N–H and O–H groups in total. The van der Waals surface area contributed by atoms with Gasteiger partial charge in [-0.15, -0.1) is 0 Å². The van der Waals surface area contributed by atoms with Crippen molar-refractivity contribution in [1.82, 2.24) is 9.97 Å². The first kappa shape index (κ1) is 31.8. The Hall–Kier alpha value is -2.81. The number of benzene rings is 2. The van der Waals surface area contributed by atoms with E-state index in [1.807, 2.05) is 61.6 Å². The Morgan fingerprint density at radius 3 is 2.76 bits per heavy atom. The van der Waals surface area contributed by atoms with Gasteiger partial charge in [-0.05, 0) is 117 Å². The largest absolute Gasteiger partial charge is 0.490 e. The van der Waals surface area contributed by atoms with Crippen molar-refractivity contribution in [3.8, 4) is 5.75 Å². The zero-order valence-corrected chi connectivity index (χ0v) is 28.4. The highest BCUT2D eigenvalue weighted by molar-refractivity contribution is 7.99. The van der Waals surface area contributed by atoms with Crippen LogP contribution in [0, 0.1) is 17.8 Å². The van der Waals surface area contributed by atoms with Gasteiger partial charge in [0.25, 0.3) is 0 Å². The van der Waals surface area contributed by atoms with Crippen LogP contribution < -0.4 is 9.64 Å². The number of hydrogen-bond donors (Lipinski definition) is 0. The van der Waals surface area contributed by atoms with Gasteiger partial charge < -0.3 is 19.1 Å². The number of ether oxygens (including phenoxy) is 3. The Balaban J connectivity index is 1.15. The van der Waals surface area contributed by atoms with Gasteiger partial charge in [0.1, 0.15) is 5.75 Å². The molecule has 2 fully saturated rings. The lowest BCUT2D eigenvalue weighted by Crippen LogP contribution is -2.51. The Morgan fingerprint density at radius 2 is 1.98 bits per heavy atom. The van der Waals surface area contributed by atoms with Gasteiger partial charge in [-0.25, -0.2) is 14.8 Å². The van der Waals surface area contributed by atoms with Gasteiger partial charge in [0.2, 0.25) is 0 Å². The number of esters is 1. The number of halogens is 1. The fourth-order valence-electron chi connectivity index (χ4n) is 8.69. The zero-order valence-electron chi connectivity index (χ0n) is 26.8. The summed E-state index contributed by atoms with van der Waals surface area (Å²) in [4.78, 5) is 24.1. The van der Waals surface area contributed by atoms with Crippen molar-refractivity contribution in [2.45, 2.75) is 79.7 Å². The molecule has 0 amide bonds. The third-order valence-corrected chi connectivity index (χ3v) is 12.4. The highest BCUT2D eigenvalue weighted by Crippen LogP contribution is 2.49. The lowest BCUT2D eigenvalue weighted by atomic mass is 9.65. The van der Waals surface area contributed by atoms with Gasteiger partial charge in [-0.1, -0.05) is 35.9 Å². The number of anilines is 1. The van der Waals surface area contributed by atoms with Gasteiger partial charge in [0, 0.05) is 48.3 Å². The molecule has 2 aromatic carbocycles. The lowest BCUT2D eigenvalue weighted by molar-refractivity contribution is -0.0587. The second-order valence-corrected chi connectivity index (χ2v) is 15.4. The third-order valence-electron chi connectivity index (χ3n) is 11.0. The van der Waals surface area contributed by atoms with Crippen molar-refractivity contribution in [2.24, 2.45) is 17.8 Å². The fourth-order valence-corrected chi connectivity index (χ4v) is 10.1. The molecule has 3 aliphatic carbocycles. The number of aromatic nitrogens is 2. The van der Waals surface area contributed by atoms with Crippen LogP contribution in [0.15, 0.2) is 60.0 Å². The van der Waals surface area contributed by atoms with Crippen LogP contribution in [0.2, 0.25) is 5.02 Å². The van der Waals surface area contributed by atoms with Crippen LogP contribution >= 0.6 is 23.4 Å². The molecule has 9 heteroatoms. The number of nitrogens with zero attached hydrogens (tertiary/aromatic N) is 3. The SMILES string of the molecule is COC(=O)c1ccc2c(c1)N(C[C@@H]1CC[C@H]1[C@@H](OC)[C@H]1CCC[C@@H](Sc3ncccn3)C1)C[C@@]1(CCCc3cc(Cl)ccc31)CO2. The molecular formula is C37H44ClN3O4S. The van der Waals surface area contributed by atoms with Crippen LogP contribution in [0.4, 0.5) is 5.69 Å². The van der Waals surface area contributed by atoms with Crippen LogP contribution in [-0.4, -0.2) is 61.2 Å². The molecule has 2 heterocycles. The van der Waals surface area contributed by atoms with E-state index in [9.17, 15) is 4.79 Å². The second-order valence-electron chi connectivity index (χ2n) is 13.7. The standard InChI is InChI=1S/C37H44ClN3O4S/c1-43-34(25-6-3-8-29(19-25)46-36-39-16-5-17-40-36)30-12-9-27(30)21-41-22-37(15-4-7-24-18-28(38)11-13-31(24)37)23-45-33-14-10-26(20-32(33)41)35(42)44-2/h5,10-11,13-14,16-18,20,25,27,29-30,34H,3-4,6-9,12,15,19,21-23H2,1-2H3/t25-,27-,29+,30+,34-,37-/m0/s1. The van der Waals surface area contributed by atoms with Gasteiger partial charge >= 0.3 is 5.97 Å². The average molecular weight is 662 g/mol. The predicted octanol–water partition coefficient (Wildman–Crippen LogP) is 7.78. The maximum absolute atomic E-state index is 12.6. The average Bonchev–Trinajstić information content (AvgIpc) is 3.22. The van der Waals surface area contributed by atoms with E-state index in [1.54, 1.807) is 0 Å². The van der Waals surface area contributed by atoms with E-state index in [1.165, 1.54) is 50.3 Å². The summed E-state index contributed by atoms with van der Waals surface area (Å²) in [5.41, 5.74) is 4.06. The maximum Gasteiger partial charge on any atom is 0.337 e. The minimum atomic E-state index is -0.328. The molecular weight excluding hydrogens is 618 g/mol. The highest BCUT2D eigenvalue weighted by Gasteiger charge is 2.46. The van der Waals surface area contributed by atoms with Crippen LogP contribution in [0.1, 0.15) is 72.9 Å². The molecule has 1 spiro atoms.